The Hall–Kier alpha value is -2.37. The molecule has 1 aromatic rings. The van der Waals surface area contributed by atoms with Crippen LogP contribution in [0, 0.1) is 0 Å². The number of esters is 1. The van der Waals surface area contributed by atoms with Crippen molar-refractivity contribution in [1.82, 2.24) is 4.90 Å². The first-order chi connectivity index (χ1) is 9.78. The van der Waals surface area contributed by atoms with Gasteiger partial charge in [-0.15, -0.1) is 0 Å². The Morgan fingerprint density at radius 2 is 1.86 bits per heavy atom. The van der Waals surface area contributed by atoms with Gasteiger partial charge in [0.2, 0.25) is 6.10 Å². The molecule has 2 amide bonds. The Labute approximate surface area is 122 Å². The quantitative estimate of drug-likeness (QED) is 0.797. The van der Waals surface area contributed by atoms with E-state index in [1.54, 1.807) is 51.1 Å². The SMILES string of the molecule is CC(C)(C)OC(=O)CN1C(=O)OC(c2ccccc2)C1=O. The second kappa shape index (κ2) is 5.55. The highest BCUT2D eigenvalue weighted by atomic mass is 16.6. The standard InChI is InChI=1S/C15H17NO5/c1-15(2,3)21-11(17)9-16-13(18)12(20-14(16)19)10-7-5-4-6-8-10/h4-8,12H,9H2,1-3H3. The number of hydrogen-bond acceptors (Lipinski definition) is 5. The number of benzene rings is 1. The Morgan fingerprint density at radius 3 is 2.43 bits per heavy atom. The van der Waals surface area contributed by atoms with Gasteiger partial charge in [-0.05, 0) is 20.8 Å². The second-order valence-corrected chi connectivity index (χ2v) is 5.69. The summed E-state index contributed by atoms with van der Waals surface area (Å²) in [5.41, 5.74) is -0.106. The number of carbonyl (C=O) groups is 3. The van der Waals surface area contributed by atoms with Gasteiger partial charge in [0.1, 0.15) is 12.1 Å². The minimum atomic E-state index is -0.999. The highest BCUT2D eigenvalue weighted by Gasteiger charge is 2.42. The summed E-state index contributed by atoms with van der Waals surface area (Å²) in [7, 11) is 0. The van der Waals surface area contributed by atoms with Gasteiger partial charge in [0.25, 0.3) is 5.91 Å². The van der Waals surface area contributed by atoms with Crippen molar-refractivity contribution in [2.24, 2.45) is 0 Å². The lowest BCUT2D eigenvalue weighted by Gasteiger charge is -2.20. The molecule has 0 saturated carbocycles. The van der Waals surface area contributed by atoms with Gasteiger partial charge in [-0.3, -0.25) is 9.59 Å². The number of ether oxygens (including phenoxy) is 2. The van der Waals surface area contributed by atoms with Crippen LogP contribution in [0.5, 0.6) is 0 Å². The summed E-state index contributed by atoms with van der Waals surface area (Å²) in [6, 6.07) is 8.66. The number of hydrogen-bond donors (Lipinski definition) is 0. The molecule has 6 heteroatoms. The van der Waals surface area contributed by atoms with Gasteiger partial charge >= 0.3 is 12.1 Å². The molecule has 0 radical (unpaired) electrons. The maximum atomic E-state index is 12.2. The zero-order chi connectivity index (χ0) is 15.6. The molecule has 0 aromatic heterocycles. The van der Waals surface area contributed by atoms with Crippen LogP contribution in [0.3, 0.4) is 0 Å². The van der Waals surface area contributed by atoms with Crippen molar-refractivity contribution in [2.75, 3.05) is 6.54 Å². The molecule has 1 unspecified atom stereocenters. The van der Waals surface area contributed by atoms with Crippen LogP contribution in [0.25, 0.3) is 0 Å². The molecule has 0 aliphatic carbocycles. The molecule has 2 rings (SSSR count). The number of amides is 2. The molecule has 21 heavy (non-hydrogen) atoms. The van der Waals surface area contributed by atoms with Gasteiger partial charge in [-0.1, -0.05) is 30.3 Å². The normalized spacial score (nSPS) is 18.6. The van der Waals surface area contributed by atoms with E-state index in [4.69, 9.17) is 9.47 Å². The van der Waals surface area contributed by atoms with Gasteiger partial charge in [0.15, 0.2) is 0 Å². The molecule has 1 fully saturated rings. The Morgan fingerprint density at radius 1 is 1.24 bits per heavy atom. The summed E-state index contributed by atoms with van der Waals surface area (Å²) in [6.45, 7) is 4.68. The fourth-order valence-electron chi connectivity index (χ4n) is 1.93. The second-order valence-electron chi connectivity index (χ2n) is 5.69. The third-order valence-electron chi connectivity index (χ3n) is 2.74. The van der Waals surface area contributed by atoms with Crippen LogP contribution in [0.2, 0.25) is 0 Å². The first-order valence-corrected chi connectivity index (χ1v) is 6.57. The lowest BCUT2D eigenvalue weighted by molar-refractivity contribution is -0.157. The smallest absolute Gasteiger partial charge is 0.418 e. The summed E-state index contributed by atoms with van der Waals surface area (Å²) in [5.74, 6) is -1.21. The summed E-state index contributed by atoms with van der Waals surface area (Å²) in [4.78, 5) is 36.4. The van der Waals surface area contributed by atoms with Gasteiger partial charge < -0.3 is 9.47 Å². The third kappa shape index (κ3) is 3.59. The maximum absolute atomic E-state index is 12.2. The van der Waals surface area contributed by atoms with Crippen LogP contribution in [-0.2, 0) is 19.1 Å². The molecule has 1 aliphatic rings. The minimum Gasteiger partial charge on any atom is -0.459 e. The summed E-state index contributed by atoms with van der Waals surface area (Å²) in [6.07, 6.45) is -1.83. The van der Waals surface area contributed by atoms with Gasteiger partial charge in [0, 0.05) is 5.56 Å². The van der Waals surface area contributed by atoms with Crippen molar-refractivity contribution in [1.29, 1.82) is 0 Å². The molecule has 112 valence electrons. The average Bonchev–Trinajstić information content (AvgIpc) is 2.66. The van der Waals surface area contributed by atoms with E-state index in [9.17, 15) is 14.4 Å². The number of imide groups is 1. The summed E-state index contributed by atoms with van der Waals surface area (Å²) >= 11 is 0. The molecular weight excluding hydrogens is 274 g/mol. The average molecular weight is 291 g/mol. The molecule has 1 aliphatic heterocycles. The van der Waals surface area contributed by atoms with Crippen molar-refractivity contribution in [3.05, 3.63) is 35.9 Å². The fraction of sp³-hybridized carbons (Fsp3) is 0.400. The number of nitrogens with zero attached hydrogens (tertiary/aromatic N) is 1. The predicted octanol–water partition coefficient (Wildman–Crippen LogP) is 2.05. The molecule has 6 nitrogen and oxygen atoms in total. The van der Waals surface area contributed by atoms with E-state index < -0.39 is 36.2 Å². The Balaban J connectivity index is 2.07. The lowest BCUT2D eigenvalue weighted by atomic mass is 10.1. The molecule has 0 bridgehead atoms. The van der Waals surface area contributed by atoms with Crippen LogP contribution in [0.1, 0.15) is 32.4 Å². The van der Waals surface area contributed by atoms with Gasteiger partial charge in [-0.2, -0.15) is 0 Å². The van der Waals surface area contributed by atoms with E-state index >= 15 is 0 Å². The van der Waals surface area contributed by atoms with Crippen LogP contribution >= 0.6 is 0 Å². The van der Waals surface area contributed by atoms with Crippen LogP contribution < -0.4 is 0 Å². The van der Waals surface area contributed by atoms with Crippen LogP contribution in [0.15, 0.2) is 30.3 Å². The zero-order valence-electron chi connectivity index (χ0n) is 12.2. The topological polar surface area (TPSA) is 72.9 Å². The lowest BCUT2D eigenvalue weighted by Crippen LogP contribution is -2.38. The van der Waals surface area contributed by atoms with Crippen molar-refractivity contribution in [2.45, 2.75) is 32.5 Å². The molecular formula is C15H17NO5. The molecule has 1 saturated heterocycles. The first kappa shape index (κ1) is 15.0. The van der Waals surface area contributed by atoms with Gasteiger partial charge in [0.05, 0.1) is 0 Å². The highest BCUT2D eigenvalue weighted by molar-refractivity contribution is 6.02. The number of carbonyl (C=O) groups excluding carboxylic acids is 3. The molecule has 0 spiro atoms. The van der Waals surface area contributed by atoms with E-state index in [0.717, 1.165) is 4.90 Å². The van der Waals surface area contributed by atoms with E-state index in [2.05, 4.69) is 0 Å². The number of rotatable bonds is 3. The van der Waals surface area contributed by atoms with Crippen molar-refractivity contribution < 1.29 is 23.9 Å². The van der Waals surface area contributed by atoms with E-state index in [1.807, 2.05) is 0 Å². The zero-order valence-corrected chi connectivity index (χ0v) is 12.2. The fourth-order valence-corrected chi connectivity index (χ4v) is 1.93. The Bertz CT molecular complexity index is 561. The molecule has 0 N–H and O–H groups in total. The summed E-state index contributed by atoms with van der Waals surface area (Å²) < 4.78 is 10.1. The summed E-state index contributed by atoms with van der Waals surface area (Å²) in [5, 5.41) is 0. The maximum Gasteiger partial charge on any atom is 0.418 e. The third-order valence-corrected chi connectivity index (χ3v) is 2.74. The van der Waals surface area contributed by atoms with Crippen molar-refractivity contribution in [3.8, 4) is 0 Å². The predicted molar refractivity (Wildman–Crippen MR) is 73.2 cm³/mol. The van der Waals surface area contributed by atoms with E-state index in [-0.39, 0.29) is 0 Å². The number of cyclic esters (lactones) is 1. The Kier molecular flexibility index (Phi) is 3.97. The van der Waals surface area contributed by atoms with E-state index in [0.29, 0.717) is 5.56 Å². The molecule has 1 atom stereocenters. The first-order valence-electron chi connectivity index (χ1n) is 6.57. The van der Waals surface area contributed by atoms with E-state index in [1.165, 1.54) is 0 Å². The monoisotopic (exact) mass is 291 g/mol. The van der Waals surface area contributed by atoms with Crippen LogP contribution in [0.4, 0.5) is 4.79 Å². The van der Waals surface area contributed by atoms with Crippen molar-refractivity contribution >= 4 is 18.0 Å². The highest BCUT2D eigenvalue weighted by Crippen LogP contribution is 2.27. The largest absolute Gasteiger partial charge is 0.459 e. The van der Waals surface area contributed by atoms with Crippen LogP contribution in [-0.4, -0.2) is 35.0 Å². The molecule has 1 aromatic carbocycles. The van der Waals surface area contributed by atoms with Gasteiger partial charge in [-0.25, -0.2) is 9.69 Å². The minimum absolute atomic E-state index is 0.446. The van der Waals surface area contributed by atoms with Crippen molar-refractivity contribution in [3.63, 3.8) is 0 Å². The molecule has 1 heterocycles.